The number of carboxylic acid groups (broad SMARTS) is 1. The van der Waals surface area contributed by atoms with E-state index in [1.807, 2.05) is 25.1 Å². The summed E-state index contributed by atoms with van der Waals surface area (Å²) in [6.07, 6.45) is 3.38. The largest absolute Gasteiger partial charge is 0.478 e. The van der Waals surface area contributed by atoms with Crippen LogP contribution >= 0.6 is 0 Å². The number of hydrogen-bond acceptors (Lipinski definition) is 6. The highest BCUT2D eigenvalue weighted by molar-refractivity contribution is 5.97. The van der Waals surface area contributed by atoms with Gasteiger partial charge in [-0.25, -0.2) is 14.6 Å². The Kier molecular flexibility index (Phi) is 4.72. The number of hydrogen-bond donors (Lipinski definition) is 2. The zero-order valence-electron chi connectivity index (χ0n) is 18.2. The van der Waals surface area contributed by atoms with E-state index in [1.54, 1.807) is 23.6 Å². The number of carbonyl (C=O) groups excluding carboxylic acids is 1. The predicted molar refractivity (Wildman–Crippen MR) is 121 cm³/mol. The average Bonchev–Trinajstić information content (AvgIpc) is 3.17. The molecule has 2 aliphatic heterocycles. The van der Waals surface area contributed by atoms with Gasteiger partial charge in [0.25, 0.3) is 5.56 Å². The van der Waals surface area contributed by atoms with E-state index >= 15 is 0 Å². The first-order chi connectivity index (χ1) is 15.8. The summed E-state index contributed by atoms with van der Waals surface area (Å²) in [6.45, 7) is 3.80. The summed E-state index contributed by atoms with van der Waals surface area (Å²) in [5, 5.41) is 20.9. The third-order valence-corrected chi connectivity index (χ3v) is 6.62. The third kappa shape index (κ3) is 2.94. The Morgan fingerprint density at radius 3 is 2.76 bits per heavy atom. The van der Waals surface area contributed by atoms with Gasteiger partial charge in [0.1, 0.15) is 6.61 Å². The van der Waals surface area contributed by atoms with Crippen LogP contribution in [-0.4, -0.2) is 31.7 Å². The number of fused-ring (bicyclic) bond motifs is 5. The van der Waals surface area contributed by atoms with Crippen LogP contribution in [0.1, 0.15) is 48.1 Å². The number of rotatable bonds is 4. The molecule has 0 aliphatic carbocycles. The van der Waals surface area contributed by atoms with E-state index in [9.17, 15) is 19.5 Å². The number of cyclic esters (lactones) is 1. The van der Waals surface area contributed by atoms with Gasteiger partial charge in [0, 0.05) is 22.6 Å². The Labute approximate surface area is 188 Å². The molecule has 8 heteroatoms. The molecule has 33 heavy (non-hydrogen) atoms. The maximum Gasteiger partial charge on any atom is 0.343 e. The molecule has 2 aromatic heterocycles. The number of ether oxygens (including phenoxy) is 1. The van der Waals surface area contributed by atoms with Crippen molar-refractivity contribution in [2.45, 2.75) is 45.4 Å². The van der Waals surface area contributed by atoms with Gasteiger partial charge in [0.2, 0.25) is 0 Å². The Hall–Kier alpha value is -3.78. The molecule has 0 fully saturated rings. The van der Waals surface area contributed by atoms with E-state index in [0.717, 1.165) is 28.2 Å². The maximum absolute atomic E-state index is 13.4. The highest BCUT2D eigenvalue weighted by Crippen LogP contribution is 2.40. The van der Waals surface area contributed by atoms with Gasteiger partial charge in [-0.3, -0.25) is 4.79 Å². The number of aromatic nitrogens is 2. The van der Waals surface area contributed by atoms with Crippen LogP contribution in [0.4, 0.5) is 0 Å². The molecule has 0 spiro atoms. The summed E-state index contributed by atoms with van der Waals surface area (Å²) in [7, 11) is 0. The number of aryl methyl sites for hydroxylation is 1. The number of carboxylic acids is 1. The fraction of sp³-hybridized carbons (Fsp3) is 0.280. The molecule has 8 nitrogen and oxygen atoms in total. The van der Waals surface area contributed by atoms with Crippen LogP contribution in [0.25, 0.3) is 28.4 Å². The Balaban J connectivity index is 1.80. The van der Waals surface area contributed by atoms with Crippen LogP contribution in [0.15, 0.2) is 35.1 Å². The van der Waals surface area contributed by atoms with Crippen LogP contribution in [0.2, 0.25) is 0 Å². The molecule has 1 atom stereocenters. The van der Waals surface area contributed by atoms with Gasteiger partial charge in [-0.05, 0) is 42.2 Å². The minimum atomic E-state index is -1.87. The summed E-state index contributed by atoms with van der Waals surface area (Å²) in [5.74, 6) is -1.79. The Morgan fingerprint density at radius 2 is 2.06 bits per heavy atom. The lowest BCUT2D eigenvalue weighted by atomic mass is 9.86. The van der Waals surface area contributed by atoms with Gasteiger partial charge in [-0.2, -0.15) is 0 Å². The van der Waals surface area contributed by atoms with Crippen LogP contribution in [0.5, 0.6) is 0 Å². The van der Waals surface area contributed by atoms with Crippen LogP contribution < -0.4 is 5.56 Å². The molecule has 0 radical (unpaired) electrons. The van der Waals surface area contributed by atoms with E-state index in [4.69, 9.17) is 14.8 Å². The van der Waals surface area contributed by atoms with Gasteiger partial charge < -0.3 is 19.5 Å². The van der Waals surface area contributed by atoms with E-state index < -0.39 is 17.5 Å². The number of aliphatic carboxylic acids is 1. The molecular formula is C25H22N2O6. The zero-order valence-corrected chi connectivity index (χ0v) is 18.2. The second kappa shape index (κ2) is 7.38. The second-order valence-electron chi connectivity index (χ2n) is 8.29. The summed E-state index contributed by atoms with van der Waals surface area (Å²) in [5.41, 5.74) is 2.86. The van der Waals surface area contributed by atoms with E-state index in [1.165, 1.54) is 0 Å². The zero-order chi connectivity index (χ0) is 23.5. The molecule has 168 valence electrons. The van der Waals surface area contributed by atoms with Crippen molar-refractivity contribution in [2.75, 3.05) is 0 Å². The minimum Gasteiger partial charge on any atom is -0.478 e. The quantitative estimate of drug-likeness (QED) is 0.365. The SMILES string of the molecule is CCc1c2c(nc3cccc(C=CC(=O)O)c13)-c1cc3c(c(=O)n1C2)COC(=O)[C@]3(O)CC. The van der Waals surface area contributed by atoms with Crippen molar-refractivity contribution in [1.82, 2.24) is 9.55 Å². The lowest BCUT2D eigenvalue weighted by Gasteiger charge is -2.31. The topological polar surface area (TPSA) is 119 Å². The lowest BCUT2D eigenvalue weighted by Crippen LogP contribution is -2.44. The van der Waals surface area contributed by atoms with E-state index in [0.29, 0.717) is 29.9 Å². The number of benzene rings is 1. The fourth-order valence-electron chi connectivity index (χ4n) is 4.94. The van der Waals surface area contributed by atoms with Gasteiger partial charge >= 0.3 is 11.9 Å². The normalized spacial score (nSPS) is 18.8. The number of carbonyl (C=O) groups is 2. The summed E-state index contributed by atoms with van der Waals surface area (Å²) >= 11 is 0. The Bertz CT molecular complexity index is 1450. The third-order valence-electron chi connectivity index (χ3n) is 6.62. The molecule has 3 aromatic rings. The van der Waals surface area contributed by atoms with E-state index in [-0.39, 0.29) is 29.7 Å². The van der Waals surface area contributed by atoms with Crippen LogP contribution in [-0.2, 0) is 39.5 Å². The summed E-state index contributed by atoms with van der Waals surface area (Å²) < 4.78 is 6.73. The molecule has 0 amide bonds. The van der Waals surface area contributed by atoms with Crippen molar-refractivity contribution >= 4 is 28.9 Å². The molecule has 2 aliphatic rings. The Morgan fingerprint density at radius 1 is 1.27 bits per heavy atom. The van der Waals surface area contributed by atoms with E-state index in [2.05, 4.69) is 0 Å². The molecule has 1 aromatic carbocycles. The number of esters is 1. The standard InChI is InChI=1S/C25H22N2O6/c1-3-14-15-11-27-19(10-17-16(23(27)30)12-33-24(31)25(17,32)4-2)22(15)26-18-7-5-6-13(21(14)18)8-9-20(28)29/h5-10,32H,3-4,11-12H2,1-2H3,(H,28,29)/t25-/m0/s1. The molecule has 0 unspecified atom stereocenters. The molecule has 0 bridgehead atoms. The summed E-state index contributed by atoms with van der Waals surface area (Å²) in [4.78, 5) is 41.6. The number of nitrogens with zero attached hydrogens (tertiary/aromatic N) is 2. The van der Waals surface area contributed by atoms with Crippen LogP contribution in [0, 0.1) is 0 Å². The average molecular weight is 446 g/mol. The van der Waals surface area contributed by atoms with Gasteiger partial charge in [-0.1, -0.05) is 26.0 Å². The van der Waals surface area contributed by atoms with Gasteiger partial charge in [0.15, 0.2) is 5.60 Å². The first kappa shape index (κ1) is 21.1. The van der Waals surface area contributed by atoms with Crippen molar-refractivity contribution in [3.05, 3.63) is 68.5 Å². The molecule has 0 saturated carbocycles. The molecular weight excluding hydrogens is 424 g/mol. The molecule has 2 N–H and O–H groups in total. The fourth-order valence-corrected chi connectivity index (χ4v) is 4.94. The van der Waals surface area contributed by atoms with Gasteiger partial charge in [-0.15, -0.1) is 0 Å². The lowest BCUT2D eigenvalue weighted by molar-refractivity contribution is -0.172. The second-order valence-corrected chi connectivity index (χ2v) is 8.29. The number of pyridine rings is 2. The first-order valence-corrected chi connectivity index (χ1v) is 10.8. The van der Waals surface area contributed by atoms with Crippen molar-refractivity contribution in [2.24, 2.45) is 0 Å². The smallest absolute Gasteiger partial charge is 0.343 e. The van der Waals surface area contributed by atoms with Crippen LogP contribution in [0.3, 0.4) is 0 Å². The highest BCUT2D eigenvalue weighted by atomic mass is 16.6. The minimum absolute atomic E-state index is 0.0826. The maximum atomic E-state index is 13.4. The number of aliphatic hydroxyl groups is 1. The first-order valence-electron chi connectivity index (χ1n) is 10.8. The highest BCUT2D eigenvalue weighted by Gasteiger charge is 2.45. The predicted octanol–water partition coefficient (Wildman–Crippen LogP) is 2.74. The van der Waals surface area contributed by atoms with Crippen molar-refractivity contribution in [1.29, 1.82) is 0 Å². The summed E-state index contributed by atoms with van der Waals surface area (Å²) in [6, 6.07) is 7.19. The van der Waals surface area contributed by atoms with Crippen molar-refractivity contribution in [3.8, 4) is 11.4 Å². The van der Waals surface area contributed by atoms with Crippen molar-refractivity contribution < 1.29 is 24.5 Å². The molecule has 0 saturated heterocycles. The van der Waals surface area contributed by atoms with Crippen molar-refractivity contribution in [3.63, 3.8) is 0 Å². The monoisotopic (exact) mass is 446 g/mol. The molecule has 4 heterocycles. The van der Waals surface area contributed by atoms with Gasteiger partial charge in [0.05, 0.1) is 29.0 Å². The molecule has 5 rings (SSSR count).